The van der Waals surface area contributed by atoms with Crippen molar-refractivity contribution in [3.05, 3.63) is 47.3 Å². The fourth-order valence-electron chi connectivity index (χ4n) is 5.01. The second-order valence-corrected chi connectivity index (χ2v) is 10.8. The van der Waals surface area contributed by atoms with Crippen LogP contribution in [0.4, 0.5) is 13.6 Å². The summed E-state index contributed by atoms with van der Waals surface area (Å²) in [5.74, 6) is -2.03. The molecule has 3 rings (SSSR count). The zero-order valence-electron chi connectivity index (χ0n) is 22.0. The molecule has 1 unspecified atom stereocenters. The quantitative estimate of drug-likeness (QED) is 0.253. The highest BCUT2D eigenvalue weighted by Crippen LogP contribution is 2.32. The molecule has 1 aromatic rings. The molecule has 0 radical (unpaired) electrons. The van der Waals surface area contributed by atoms with Crippen LogP contribution in [-0.2, 0) is 16.0 Å². The summed E-state index contributed by atoms with van der Waals surface area (Å²) in [7, 11) is -1.89. The van der Waals surface area contributed by atoms with Gasteiger partial charge >= 0.3 is 13.2 Å². The number of nitriles is 1. The number of hydrogen-bond acceptors (Lipinski definition) is 7. The van der Waals surface area contributed by atoms with E-state index in [1.165, 1.54) is 29.2 Å². The maximum Gasteiger partial charge on any atom is 0.475 e. The van der Waals surface area contributed by atoms with Crippen LogP contribution in [0.5, 0.6) is 0 Å². The molecule has 2 heterocycles. The molecule has 3 atom stereocenters. The maximum absolute atomic E-state index is 13.7. The van der Waals surface area contributed by atoms with Crippen molar-refractivity contribution in [2.24, 2.45) is 0 Å². The molecule has 12 heteroatoms. The number of halogens is 2. The summed E-state index contributed by atoms with van der Waals surface area (Å²) in [6.07, 6.45) is 1.35. The first kappa shape index (κ1) is 29.5. The molecule has 0 spiro atoms. The van der Waals surface area contributed by atoms with Gasteiger partial charge in [-0.05, 0) is 70.2 Å². The van der Waals surface area contributed by atoms with E-state index in [0.29, 0.717) is 37.9 Å². The van der Waals surface area contributed by atoms with E-state index in [2.05, 4.69) is 5.32 Å². The minimum absolute atomic E-state index is 0.0290. The van der Waals surface area contributed by atoms with Crippen molar-refractivity contribution in [3.63, 3.8) is 0 Å². The van der Waals surface area contributed by atoms with Crippen LogP contribution in [0.2, 0.25) is 0 Å². The van der Waals surface area contributed by atoms with Crippen molar-refractivity contribution < 1.29 is 33.2 Å². The van der Waals surface area contributed by atoms with Crippen LogP contribution >= 0.6 is 0 Å². The van der Waals surface area contributed by atoms with E-state index in [4.69, 9.17) is 4.74 Å². The molecule has 0 aliphatic carbocycles. The van der Waals surface area contributed by atoms with Gasteiger partial charge in [-0.2, -0.15) is 5.26 Å². The molecule has 206 valence electrons. The first-order chi connectivity index (χ1) is 17.8. The van der Waals surface area contributed by atoms with Crippen LogP contribution in [0.3, 0.4) is 0 Å². The topological polar surface area (TPSA) is 126 Å². The third-order valence-corrected chi connectivity index (χ3v) is 7.33. The van der Waals surface area contributed by atoms with Crippen LogP contribution in [0, 0.1) is 17.1 Å². The summed E-state index contributed by atoms with van der Waals surface area (Å²) in [5.41, 5.74) is -1.05. The van der Waals surface area contributed by atoms with Gasteiger partial charge in [0.15, 0.2) is 0 Å². The second-order valence-electron chi connectivity index (χ2n) is 10.8. The number of benzene rings is 1. The van der Waals surface area contributed by atoms with E-state index < -0.39 is 48.1 Å². The summed E-state index contributed by atoms with van der Waals surface area (Å²) in [6, 6.07) is 7.40. The van der Waals surface area contributed by atoms with Crippen molar-refractivity contribution in [2.45, 2.75) is 69.6 Å². The number of hydrogen-bond donors (Lipinski definition) is 3. The Kier molecular flexibility index (Phi) is 9.52. The van der Waals surface area contributed by atoms with E-state index >= 15 is 0 Å². The lowest BCUT2D eigenvalue weighted by molar-refractivity contribution is -0.131. The zero-order chi connectivity index (χ0) is 28.1. The van der Waals surface area contributed by atoms with Gasteiger partial charge in [-0.15, -0.1) is 0 Å². The summed E-state index contributed by atoms with van der Waals surface area (Å²) in [4.78, 5) is 29.3. The number of alkyl halides is 1. The van der Waals surface area contributed by atoms with E-state index in [1.54, 1.807) is 13.0 Å². The minimum atomic E-state index is -1.89. The lowest BCUT2D eigenvalue weighted by Crippen LogP contribution is -2.52. The van der Waals surface area contributed by atoms with Crippen molar-refractivity contribution in [1.29, 1.82) is 5.26 Å². The van der Waals surface area contributed by atoms with Crippen molar-refractivity contribution in [2.75, 3.05) is 26.2 Å². The molecule has 38 heavy (non-hydrogen) atoms. The Morgan fingerprint density at radius 1 is 1.34 bits per heavy atom. The van der Waals surface area contributed by atoms with Gasteiger partial charge in [0.2, 0.25) is 0 Å². The minimum Gasteiger partial charge on any atom is -0.447 e. The third-order valence-electron chi connectivity index (χ3n) is 7.33. The molecule has 0 saturated carbocycles. The molecule has 9 nitrogen and oxygen atoms in total. The van der Waals surface area contributed by atoms with Gasteiger partial charge in [0.25, 0.3) is 5.91 Å². The largest absolute Gasteiger partial charge is 0.475 e. The first-order valence-electron chi connectivity index (χ1n) is 12.7. The molecular weight excluding hydrogens is 497 g/mol. The molecule has 2 fully saturated rings. The number of nitrogens with zero attached hydrogens (tertiary/aromatic N) is 3. The maximum atomic E-state index is 13.7. The highest BCUT2D eigenvalue weighted by atomic mass is 19.1. The number of amides is 2. The Bertz CT molecular complexity index is 1080. The van der Waals surface area contributed by atoms with Crippen molar-refractivity contribution >= 4 is 19.1 Å². The average Bonchev–Trinajstić information content (AvgIpc) is 3.48. The van der Waals surface area contributed by atoms with Gasteiger partial charge in [0, 0.05) is 25.2 Å². The molecule has 2 aliphatic rings. The Labute approximate surface area is 222 Å². The number of alkyl carbamates (subject to hydrolysis) is 1. The molecule has 0 aromatic heterocycles. The molecule has 3 N–H and O–H groups in total. The van der Waals surface area contributed by atoms with Gasteiger partial charge in [-0.1, -0.05) is 12.1 Å². The number of rotatable bonds is 9. The summed E-state index contributed by atoms with van der Waals surface area (Å²) >= 11 is 0. The van der Waals surface area contributed by atoms with Gasteiger partial charge < -0.3 is 25.0 Å². The Balaban J connectivity index is 1.64. The van der Waals surface area contributed by atoms with E-state index in [1.807, 2.05) is 24.8 Å². The smallest absolute Gasteiger partial charge is 0.447 e. The fourth-order valence-corrected chi connectivity index (χ4v) is 5.01. The predicted molar refractivity (Wildman–Crippen MR) is 137 cm³/mol. The average molecular weight is 532 g/mol. The summed E-state index contributed by atoms with van der Waals surface area (Å²) in [6.45, 7) is 6.41. The van der Waals surface area contributed by atoms with E-state index in [-0.39, 0.29) is 25.1 Å². The first-order valence-corrected chi connectivity index (χ1v) is 12.7. The van der Waals surface area contributed by atoms with Crippen molar-refractivity contribution in [1.82, 2.24) is 15.1 Å². The molecular formula is C26H35BF2N4O5. The molecule has 2 aliphatic heterocycles. The molecule has 0 bridgehead atoms. The predicted octanol–water partition coefficient (Wildman–Crippen LogP) is 2.13. The second kappa shape index (κ2) is 12.2. The van der Waals surface area contributed by atoms with Crippen LogP contribution < -0.4 is 5.32 Å². The molecule has 1 aromatic carbocycles. The number of carbonyl (C=O) groups is 2. The highest BCUT2D eigenvalue weighted by molar-refractivity contribution is 6.43. The highest BCUT2D eigenvalue weighted by Gasteiger charge is 2.43. The Morgan fingerprint density at radius 3 is 2.61 bits per heavy atom. The van der Waals surface area contributed by atoms with Crippen LogP contribution in [0.15, 0.2) is 35.9 Å². The van der Waals surface area contributed by atoms with E-state index in [9.17, 15) is 33.7 Å². The SMILES string of the molecule is CC(C)(C=C(C#N)C(=O)N1CCC[C@]1(C)COC(=O)NC(Cc1ccc(F)cc1)B(O)O)N1CC[C@@H](F)C1. The van der Waals surface area contributed by atoms with Crippen LogP contribution in [0.25, 0.3) is 0 Å². The summed E-state index contributed by atoms with van der Waals surface area (Å²) < 4.78 is 32.3. The monoisotopic (exact) mass is 532 g/mol. The lowest BCUT2D eigenvalue weighted by atomic mass is 9.76. The fraction of sp³-hybridized carbons (Fsp3) is 0.577. The Hall–Kier alpha value is -3.01. The zero-order valence-corrected chi connectivity index (χ0v) is 22.0. The number of ether oxygens (including phenoxy) is 1. The van der Waals surface area contributed by atoms with Gasteiger partial charge in [0.05, 0.1) is 11.5 Å². The van der Waals surface area contributed by atoms with Gasteiger partial charge in [-0.3, -0.25) is 9.69 Å². The van der Waals surface area contributed by atoms with Gasteiger partial charge in [-0.25, -0.2) is 13.6 Å². The number of carbonyl (C=O) groups excluding carboxylic acids is 2. The van der Waals surface area contributed by atoms with E-state index in [0.717, 1.165) is 0 Å². The normalized spacial score (nSPS) is 23.2. The van der Waals surface area contributed by atoms with Gasteiger partial charge in [0.1, 0.15) is 30.2 Å². The van der Waals surface area contributed by atoms with Crippen molar-refractivity contribution in [3.8, 4) is 6.07 Å². The summed E-state index contributed by atoms with van der Waals surface area (Å²) in [5, 5.41) is 31.6. The van der Waals surface area contributed by atoms with Crippen LogP contribution in [-0.4, -0.2) is 88.4 Å². The number of nitrogens with one attached hydrogen (secondary N) is 1. The lowest BCUT2D eigenvalue weighted by Gasteiger charge is -2.36. The molecule has 2 amide bonds. The standard InChI is InChI=1S/C26H35BF2N4O5/c1-25(2,32-12-9-21(29)16-32)14-19(15-30)23(34)33-11-4-10-26(33,3)17-38-24(35)31-22(27(36)37)13-18-5-7-20(28)8-6-18/h5-8,14,21-22,36-37H,4,9-13,16-17H2,1-3H3,(H,31,35)/t21-,22?,26-/m1/s1. The Morgan fingerprint density at radius 2 is 2.03 bits per heavy atom. The number of likely N-dealkylation sites (tertiary alicyclic amines) is 2. The third kappa shape index (κ3) is 7.31. The van der Waals surface area contributed by atoms with Crippen LogP contribution in [0.1, 0.15) is 45.6 Å². The molecule has 2 saturated heterocycles.